The normalized spacial score (nSPS) is 19.8. The molecule has 0 saturated carbocycles. The van der Waals surface area contributed by atoms with E-state index in [4.69, 9.17) is 9.47 Å². The molecule has 2 aliphatic heterocycles. The number of carbonyl (C=O) groups is 1. The Bertz CT molecular complexity index is 1010. The highest BCUT2D eigenvalue weighted by Gasteiger charge is 2.36. The maximum atomic E-state index is 13.4. The first-order valence-corrected chi connectivity index (χ1v) is 12.5. The summed E-state index contributed by atoms with van der Waals surface area (Å²) in [6.45, 7) is 2.63. The first kappa shape index (κ1) is 22.3. The lowest BCUT2D eigenvalue weighted by Gasteiger charge is -2.38. The highest BCUT2D eigenvalue weighted by atomic mass is 32.2. The molecular weight excluding hydrogens is 443 g/mol. The fourth-order valence-corrected chi connectivity index (χ4v) is 6.78. The van der Waals surface area contributed by atoms with Crippen molar-refractivity contribution < 1.29 is 27.1 Å². The van der Waals surface area contributed by atoms with Gasteiger partial charge in [-0.25, -0.2) is 12.8 Å². The van der Waals surface area contributed by atoms with Gasteiger partial charge in [-0.1, -0.05) is 12.1 Å². The SMILES string of the molecule is O=C(NCC1(c2ccc(F)cc2)CCOCC1)c1sccc1S(=O)(=O)N1CCOCC1. The second kappa shape index (κ2) is 9.33. The number of hydrogen-bond acceptors (Lipinski definition) is 6. The van der Waals surface area contributed by atoms with E-state index >= 15 is 0 Å². The molecule has 168 valence electrons. The Hall–Kier alpha value is -1.85. The van der Waals surface area contributed by atoms with Crippen molar-refractivity contribution in [3.8, 4) is 0 Å². The molecule has 1 N–H and O–H groups in total. The fraction of sp³-hybridized carbons (Fsp3) is 0.476. The van der Waals surface area contributed by atoms with Gasteiger partial charge in [0.15, 0.2) is 0 Å². The fourth-order valence-electron chi connectivity index (χ4n) is 4.06. The lowest BCUT2D eigenvalue weighted by atomic mass is 9.74. The van der Waals surface area contributed by atoms with Crippen LogP contribution in [0.5, 0.6) is 0 Å². The van der Waals surface area contributed by atoms with Crippen LogP contribution in [-0.2, 0) is 24.9 Å². The van der Waals surface area contributed by atoms with Crippen LogP contribution in [0.25, 0.3) is 0 Å². The van der Waals surface area contributed by atoms with E-state index in [0.29, 0.717) is 45.8 Å². The number of nitrogens with zero attached hydrogens (tertiary/aromatic N) is 1. The number of nitrogens with one attached hydrogen (secondary N) is 1. The number of hydrogen-bond donors (Lipinski definition) is 1. The van der Waals surface area contributed by atoms with Crippen molar-refractivity contribution in [3.63, 3.8) is 0 Å². The van der Waals surface area contributed by atoms with Crippen LogP contribution in [0.15, 0.2) is 40.6 Å². The molecule has 2 saturated heterocycles. The monoisotopic (exact) mass is 468 g/mol. The number of carbonyl (C=O) groups excluding carboxylic acids is 1. The molecule has 0 bridgehead atoms. The van der Waals surface area contributed by atoms with Gasteiger partial charge in [-0.2, -0.15) is 4.31 Å². The van der Waals surface area contributed by atoms with Crippen molar-refractivity contribution in [2.24, 2.45) is 0 Å². The van der Waals surface area contributed by atoms with Crippen molar-refractivity contribution in [2.45, 2.75) is 23.2 Å². The van der Waals surface area contributed by atoms with Gasteiger partial charge in [0.25, 0.3) is 5.91 Å². The molecule has 1 amide bonds. The summed E-state index contributed by atoms with van der Waals surface area (Å²) in [7, 11) is -3.77. The summed E-state index contributed by atoms with van der Waals surface area (Å²) in [6.07, 6.45) is 1.37. The third-order valence-corrected chi connectivity index (χ3v) is 8.90. The van der Waals surface area contributed by atoms with Crippen LogP contribution in [-0.4, -0.2) is 64.7 Å². The van der Waals surface area contributed by atoms with E-state index < -0.39 is 15.9 Å². The van der Waals surface area contributed by atoms with Gasteiger partial charge in [0, 0.05) is 38.3 Å². The van der Waals surface area contributed by atoms with Crippen LogP contribution in [0.3, 0.4) is 0 Å². The van der Waals surface area contributed by atoms with Gasteiger partial charge in [0.05, 0.1) is 13.2 Å². The maximum absolute atomic E-state index is 13.4. The average Bonchev–Trinajstić information content (AvgIpc) is 3.30. The number of thiophene rings is 1. The summed E-state index contributed by atoms with van der Waals surface area (Å²) >= 11 is 1.11. The van der Waals surface area contributed by atoms with Gasteiger partial charge in [-0.05, 0) is 42.0 Å². The number of rotatable bonds is 6. The number of amides is 1. The largest absolute Gasteiger partial charge is 0.381 e. The first-order valence-electron chi connectivity index (χ1n) is 10.2. The molecule has 0 spiro atoms. The molecule has 1 aromatic carbocycles. The van der Waals surface area contributed by atoms with E-state index in [-0.39, 0.29) is 34.1 Å². The predicted molar refractivity (Wildman–Crippen MR) is 114 cm³/mol. The number of halogens is 1. The summed E-state index contributed by atoms with van der Waals surface area (Å²) in [5.74, 6) is -0.735. The molecule has 0 unspecified atom stereocenters. The van der Waals surface area contributed by atoms with Crippen molar-refractivity contribution in [2.75, 3.05) is 46.1 Å². The minimum Gasteiger partial charge on any atom is -0.381 e. The minimum atomic E-state index is -3.77. The summed E-state index contributed by atoms with van der Waals surface area (Å²) in [4.78, 5) is 13.2. The van der Waals surface area contributed by atoms with Gasteiger partial charge >= 0.3 is 0 Å². The van der Waals surface area contributed by atoms with Crippen LogP contribution in [0, 0.1) is 5.82 Å². The maximum Gasteiger partial charge on any atom is 0.262 e. The topological polar surface area (TPSA) is 84.9 Å². The number of morpholine rings is 1. The third kappa shape index (κ3) is 4.68. The highest BCUT2D eigenvalue weighted by molar-refractivity contribution is 7.89. The van der Waals surface area contributed by atoms with E-state index in [2.05, 4.69) is 5.32 Å². The molecule has 2 aliphatic rings. The molecule has 7 nitrogen and oxygen atoms in total. The summed E-state index contributed by atoms with van der Waals surface area (Å²) in [5.41, 5.74) is 0.548. The average molecular weight is 469 g/mol. The zero-order chi connectivity index (χ0) is 21.9. The van der Waals surface area contributed by atoms with Crippen LogP contribution in [0.1, 0.15) is 28.1 Å². The lowest BCUT2D eigenvalue weighted by Crippen LogP contribution is -2.45. The van der Waals surface area contributed by atoms with Crippen LogP contribution < -0.4 is 5.32 Å². The Labute approximate surface area is 185 Å². The van der Waals surface area contributed by atoms with Crippen molar-refractivity contribution in [1.29, 1.82) is 0 Å². The second-order valence-electron chi connectivity index (χ2n) is 7.71. The molecule has 0 aliphatic carbocycles. The van der Waals surface area contributed by atoms with Crippen LogP contribution in [0.2, 0.25) is 0 Å². The molecule has 2 aromatic rings. The zero-order valence-electron chi connectivity index (χ0n) is 17.0. The standard InChI is InChI=1S/C21H25FN2O5S2/c22-17-3-1-16(2-4-17)21(6-10-28-11-7-21)15-23-20(25)19-18(5-14-30-19)31(26,27)24-8-12-29-13-9-24/h1-5,14H,6-13,15H2,(H,23,25). The molecule has 0 radical (unpaired) electrons. The van der Waals surface area contributed by atoms with Gasteiger partial charge in [0.2, 0.25) is 10.0 Å². The van der Waals surface area contributed by atoms with Gasteiger partial charge < -0.3 is 14.8 Å². The van der Waals surface area contributed by atoms with Crippen molar-refractivity contribution in [1.82, 2.24) is 9.62 Å². The number of sulfonamides is 1. The predicted octanol–water partition coefficient (Wildman–Crippen LogP) is 2.39. The van der Waals surface area contributed by atoms with Crippen molar-refractivity contribution >= 4 is 27.3 Å². The van der Waals surface area contributed by atoms with Crippen LogP contribution in [0.4, 0.5) is 4.39 Å². The van der Waals surface area contributed by atoms with Crippen LogP contribution >= 0.6 is 11.3 Å². The van der Waals surface area contributed by atoms with E-state index in [0.717, 1.165) is 16.9 Å². The molecule has 0 atom stereocenters. The quantitative estimate of drug-likeness (QED) is 0.704. The first-order chi connectivity index (χ1) is 14.9. The minimum absolute atomic E-state index is 0.0275. The Morgan fingerprint density at radius 2 is 1.71 bits per heavy atom. The van der Waals surface area contributed by atoms with E-state index in [1.165, 1.54) is 22.5 Å². The molecule has 4 rings (SSSR count). The number of benzene rings is 1. The molecule has 1 aromatic heterocycles. The Balaban J connectivity index is 1.53. The zero-order valence-corrected chi connectivity index (χ0v) is 18.6. The third-order valence-electron chi connectivity index (χ3n) is 5.92. The summed E-state index contributed by atoms with van der Waals surface area (Å²) < 4.78 is 51.6. The van der Waals surface area contributed by atoms with E-state index in [9.17, 15) is 17.6 Å². The molecule has 10 heteroatoms. The Morgan fingerprint density at radius 1 is 1.06 bits per heavy atom. The summed E-state index contributed by atoms with van der Waals surface area (Å²) in [6, 6.07) is 7.80. The lowest BCUT2D eigenvalue weighted by molar-refractivity contribution is 0.0487. The summed E-state index contributed by atoms with van der Waals surface area (Å²) in [5, 5.41) is 4.56. The second-order valence-corrected chi connectivity index (χ2v) is 10.5. The van der Waals surface area contributed by atoms with Gasteiger partial charge in [0.1, 0.15) is 15.6 Å². The molecule has 3 heterocycles. The molecular formula is C21H25FN2O5S2. The Morgan fingerprint density at radius 3 is 2.39 bits per heavy atom. The van der Waals surface area contributed by atoms with Crippen molar-refractivity contribution in [3.05, 3.63) is 52.0 Å². The van der Waals surface area contributed by atoms with Gasteiger partial charge in [-0.3, -0.25) is 4.79 Å². The highest BCUT2D eigenvalue weighted by Crippen LogP contribution is 2.35. The van der Waals surface area contributed by atoms with E-state index in [1.807, 2.05) is 0 Å². The van der Waals surface area contributed by atoms with E-state index in [1.54, 1.807) is 17.5 Å². The van der Waals surface area contributed by atoms with Gasteiger partial charge in [-0.15, -0.1) is 11.3 Å². The number of ether oxygens (including phenoxy) is 2. The molecule has 31 heavy (non-hydrogen) atoms. The molecule has 2 fully saturated rings. The Kier molecular flexibility index (Phi) is 6.73. The smallest absolute Gasteiger partial charge is 0.262 e.